The highest BCUT2D eigenvalue weighted by Gasteiger charge is 2.44. The van der Waals surface area contributed by atoms with Crippen LogP contribution in [-0.4, -0.2) is 70.8 Å². The molecule has 0 radical (unpaired) electrons. The summed E-state index contributed by atoms with van der Waals surface area (Å²) in [5.41, 5.74) is 1.15. The molecule has 0 amide bonds. The van der Waals surface area contributed by atoms with Gasteiger partial charge in [-0.05, 0) is 17.7 Å². The molecule has 0 bridgehead atoms. The summed E-state index contributed by atoms with van der Waals surface area (Å²) in [4.78, 5) is 23.1. The van der Waals surface area contributed by atoms with E-state index in [1.54, 1.807) is 29.4 Å². The zero-order valence-electron chi connectivity index (χ0n) is 16.0. The summed E-state index contributed by atoms with van der Waals surface area (Å²) in [6, 6.07) is 10.9. The molecule has 0 aliphatic carbocycles. The van der Waals surface area contributed by atoms with E-state index in [-0.39, 0.29) is 17.0 Å². The van der Waals surface area contributed by atoms with Gasteiger partial charge in [-0.15, -0.1) is 0 Å². The van der Waals surface area contributed by atoms with Gasteiger partial charge in [0.2, 0.25) is 6.29 Å². The monoisotopic (exact) mass is 420 g/mol. The number of carbonyl (C=O) groups excluding carboxylic acids is 1. The molecule has 30 heavy (non-hydrogen) atoms. The van der Waals surface area contributed by atoms with Crippen molar-refractivity contribution in [3.05, 3.63) is 52.9 Å². The summed E-state index contributed by atoms with van der Waals surface area (Å²) in [6.07, 6.45) is -7.20. The van der Waals surface area contributed by atoms with Crippen LogP contribution < -0.4 is 9.91 Å². The molecule has 2 aromatic carbocycles. The number of hydrogen-bond acceptors (Lipinski definition) is 9. The molecule has 1 fully saturated rings. The molecule has 10 nitrogen and oxygen atoms in total. The highest BCUT2D eigenvalue weighted by atomic mass is 16.7. The summed E-state index contributed by atoms with van der Waals surface area (Å²) in [7, 11) is 1.22. The lowest BCUT2D eigenvalue weighted by Crippen LogP contribution is -2.60. The fourth-order valence-corrected chi connectivity index (χ4v) is 3.18. The maximum Gasteiger partial charge on any atom is 0.338 e. The number of para-hydroxylation sites is 1. The van der Waals surface area contributed by atoms with Crippen molar-refractivity contribution in [3.63, 3.8) is 0 Å². The number of nitrogens with one attached hydrogen (secondary N) is 1. The van der Waals surface area contributed by atoms with Crippen LogP contribution in [0.2, 0.25) is 0 Å². The second-order valence-electron chi connectivity index (χ2n) is 6.70. The minimum Gasteiger partial charge on any atom is -0.465 e. The Bertz CT molecular complexity index is 917. The molecule has 0 aromatic heterocycles. The van der Waals surface area contributed by atoms with Gasteiger partial charge in [-0.1, -0.05) is 18.2 Å². The van der Waals surface area contributed by atoms with Gasteiger partial charge in [0.15, 0.2) is 0 Å². The molecule has 3 rings (SSSR count). The molecular weight excluding hydrogens is 398 g/mol. The van der Waals surface area contributed by atoms with Crippen molar-refractivity contribution in [1.82, 2.24) is 0 Å². The number of aliphatic hydroxyl groups is 4. The first kappa shape index (κ1) is 21.8. The molecule has 5 N–H and O–H groups in total. The van der Waals surface area contributed by atoms with Gasteiger partial charge in [0, 0.05) is 27.8 Å². The second-order valence-corrected chi connectivity index (χ2v) is 6.70. The summed E-state index contributed by atoms with van der Waals surface area (Å²) >= 11 is 0. The number of hydrogen-bond donors (Lipinski definition) is 5. The van der Waals surface area contributed by atoms with Crippen molar-refractivity contribution >= 4 is 11.7 Å². The van der Waals surface area contributed by atoms with Crippen molar-refractivity contribution in [2.75, 3.05) is 13.7 Å². The summed E-state index contributed by atoms with van der Waals surface area (Å²) in [5.74, 6) is -0.429. The standard InChI is InChI=1S/C20H21NO9/c1-28-19(26)11-6-10(7-12(8-11)21-27)13-4-2-3-5-14(13)29-20-18(25)17(24)16(23)15(9-22)30-20/h2-8,15-18,20,22-25H,9H2,1H3/p+1/t15-,16+,17+,18-,20-/m1/s1. The van der Waals surface area contributed by atoms with Gasteiger partial charge in [0.1, 0.15) is 30.2 Å². The molecule has 0 spiro atoms. The molecular formula is C20H22NO9+. The van der Waals surface area contributed by atoms with E-state index >= 15 is 0 Å². The topological polar surface area (TPSA) is 157 Å². The van der Waals surface area contributed by atoms with Crippen LogP contribution in [0.4, 0.5) is 5.69 Å². The number of methoxy groups -OCH3 is 1. The van der Waals surface area contributed by atoms with Crippen molar-refractivity contribution in [3.8, 4) is 16.9 Å². The van der Waals surface area contributed by atoms with Gasteiger partial charge in [-0.2, -0.15) is 0 Å². The number of benzene rings is 2. The van der Waals surface area contributed by atoms with E-state index < -0.39 is 43.3 Å². The molecule has 2 aromatic rings. The van der Waals surface area contributed by atoms with Crippen LogP contribution in [0.15, 0.2) is 42.5 Å². The molecule has 0 saturated carbocycles. The van der Waals surface area contributed by atoms with Gasteiger partial charge in [-0.3, -0.25) is 0 Å². The molecule has 1 aliphatic rings. The first-order valence-electron chi connectivity index (χ1n) is 9.07. The predicted molar refractivity (Wildman–Crippen MR) is 102 cm³/mol. The van der Waals surface area contributed by atoms with E-state index in [0.29, 0.717) is 11.1 Å². The zero-order valence-corrected chi connectivity index (χ0v) is 16.0. The second kappa shape index (κ2) is 9.28. The van der Waals surface area contributed by atoms with Gasteiger partial charge < -0.3 is 34.6 Å². The maximum absolute atomic E-state index is 11.9. The van der Waals surface area contributed by atoms with Crippen molar-refractivity contribution < 1.29 is 44.6 Å². The number of esters is 1. The molecule has 5 atom stereocenters. The third kappa shape index (κ3) is 4.32. The zero-order chi connectivity index (χ0) is 21.8. The van der Waals surface area contributed by atoms with E-state index in [0.717, 1.165) is 0 Å². The third-order valence-electron chi connectivity index (χ3n) is 4.76. The van der Waals surface area contributed by atoms with E-state index in [9.17, 15) is 30.1 Å². The van der Waals surface area contributed by atoms with E-state index in [2.05, 4.69) is 0 Å². The smallest absolute Gasteiger partial charge is 0.338 e. The average Bonchev–Trinajstić information content (AvgIpc) is 2.78. The van der Waals surface area contributed by atoms with Crippen LogP contribution in [0.5, 0.6) is 5.75 Å². The minimum absolute atomic E-state index is 0.121. The molecule has 160 valence electrons. The van der Waals surface area contributed by atoms with Gasteiger partial charge in [-0.25, -0.2) is 4.79 Å². The van der Waals surface area contributed by atoms with Crippen LogP contribution in [0, 0.1) is 4.91 Å². The van der Waals surface area contributed by atoms with Crippen LogP contribution in [0.3, 0.4) is 0 Å². The van der Waals surface area contributed by atoms with Crippen molar-refractivity contribution in [2.24, 2.45) is 0 Å². The number of nitroso groups, excluding NO2 is 1. The first-order valence-corrected chi connectivity index (χ1v) is 9.07. The Morgan fingerprint density at radius 2 is 1.83 bits per heavy atom. The van der Waals surface area contributed by atoms with Gasteiger partial charge in [0.25, 0.3) is 5.69 Å². The number of carbonyl (C=O) groups is 1. The quantitative estimate of drug-likeness (QED) is 0.362. The Kier molecular flexibility index (Phi) is 6.75. The Morgan fingerprint density at radius 1 is 1.10 bits per heavy atom. The largest absolute Gasteiger partial charge is 0.465 e. The van der Waals surface area contributed by atoms with Crippen molar-refractivity contribution in [1.29, 1.82) is 0 Å². The summed E-state index contributed by atoms with van der Waals surface area (Å²) in [6.45, 7) is -0.591. The molecule has 1 heterocycles. The van der Waals surface area contributed by atoms with Crippen LogP contribution in [0.25, 0.3) is 11.1 Å². The first-order chi connectivity index (χ1) is 14.4. The van der Waals surface area contributed by atoms with E-state index in [1.165, 1.54) is 25.3 Å². The average molecular weight is 420 g/mol. The fraction of sp³-hybridized carbons (Fsp3) is 0.350. The lowest BCUT2D eigenvalue weighted by Gasteiger charge is -2.39. The SMILES string of the molecule is COC(=O)c1cc([NH+]=O)cc(-c2ccccc2O[C@@H]2O[C@H](CO)[C@H](O)[C@H](O)[C@H]2O)c1. The molecule has 1 saturated heterocycles. The van der Waals surface area contributed by atoms with E-state index in [1.807, 2.05) is 0 Å². The van der Waals surface area contributed by atoms with Crippen LogP contribution >= 0.6 is 0 Å². The van der Waals surface area contributed by atoms with Crippen LogP contribution in [-0.2, 0) is 9.47 Å². The molecule has 0 unspecified atom stereocenters. The van der Waals surface area contributed by atoms with Crippen molar-refractivity contribution in [2.45, 2.75) is 30.7 Å². The highest BCUT2D eigenvalue weighted by Crippen LogP contribution is 2.34. The Labute approximate surface area is 171 Å². The van der Waals surface area contributed by atoms with Gasteiger partial charge in [0.05, 0.1) is 19.3 Å². The van der Waals surface area contributed by atoms with Gasteiger partial charge >= 0.3 is 5.97 Å². The predicted octanol–water partition coefficient (Wildman–Crippen LogP) is -1.20. The Balaban J connectivity index is 1.97. The number of rotatable bonds is 6. The lowest BCUT2D eigenvalue weighted by atomic mass is 9.99. The third-order valence-corrected chi connectivity index (χ3v) is 4.76. The minimum atomic E-state index is -1.59. The normalized spacial score (nSPS) is 26.1. The number of aliphatic hydroxyl groups excluding tert-OH is 4. The Hall–Kier alpha value is -2.89. The number of ether oxygens (including phenoxy) is 3. The summed E-state index contributed by atoms with van der Waals surface area (Å²) in [5, 5.41) is 41.2. The maximum atomic E-state index is 11.9. The highest BCUT2D eigenvalue weighted by molar-refractivity contribution is 5.92. The summed E-state index contributed by atoms with van der Waals surface area (Å²) < 4.78 is 15.8. The fourth-order valence-electron chi connectivity index (χ4n) is 3.18. The van der Waals surface area contributed by atoms with Crippen LogP contribution in [0.1, 0.15) is 10.4 Å². The van der Waals surface area contributed by atoms with E-state index in [4.69, 9.17) is 14.2 Å². The lowest BCUT2D eigenvalue weighted by molar-refractivity contribution is -0.379. The molecule has 10 heteroatoms. The molecule has 1 aliphatic heterocycles. The Morgan fingerprint density at radius 3 is 2.50 bits per heavy atom.